The maximum Gasteiger partial charge on any atom is 0.264 e. The Morgan fingerprint density at radius 1 is 1.25 bits per heavy atom. The molecule has 0 aliphatic heterocycles. The van der Waals surface area contributed by atoms with Gasteiger partial charge in [-0.1, -0.05) is 18.5 Å². The Hall–Kier alpha value is -2.18. The van der Waals surface area contributed by atoms with Gasteiger partial charge in [0.1, 0.15) is 11.2 Å². The lowest BCUT2D eigenvalue weighted by molar-refractivity contribution is 0.189. The van der Waals surface area contributed by atoms with Gasteiger partial charge in [-0.2, -0.15) is 5.10 Å². The lowest BCUT2D eigenvalue weighted by Gasteiger charge is -2.11. The number of benzene rings is 1. The van der Waals surface area contributed by atoms with E-state index >= 15 is 0 Å². The summed E-state index contributed by atoms with van der Waals surface area (Å²) in [6.07, 6.45) is 3.01. The predicted molar refractivity (Wildman–Crippen MR) is 94.0 cm³/mol. The van der Waals surface area contributed by atoms with Gasteiger partial charge in [0.05, 0.1) is 11.9 Å². The third-order valence-electron chi connectivity index (χ3n) is 3.88. The SMILES string of the molecule is CCc1nc2c(cnn2-c2ccc(Cl)cc2)c(=O)n1CCCOC. The molecule has 0 N–H and O–H groups in total. The zero-order valence-corrected chi connectivity index (χ0v) is 14.5. The van der Waals surface area contributed by atoms with E-state index in [1.165, 1.54) is 0 Å². The smallest absolute Gasteiger partial charge is 0.264 e. The van der Waals surface area contributed by atoms with E-state index < -0.39 is 0 Å². The van der Waals surface area contributed by atoms with Gasteiger partial charge >= 0.3 is 0 Å². The molecule has 2 heterocycles. The molecular weight excluding hydrogens is 328 g/mol. The Labute approximate surface area is 144 Å². The highest BCUT2D eigenvalue weighted by atomic mass is 35.5. The summed E-state index contributed by atoms with van der Waals surface area (Å²) in [7, 11) is 1.65. The van der Waals surface area contributed by atoms with Crippen molar-refractivity contribution in [1.29, 1.82) is 0 Å². The predicted octanol–water partition coefficient (Wildman–Crippen LogP) is 2.83. The summed E-state index contributed by atoms with van der Waals surface area (Å²) in [6.45, 7) is 3.19. The van der Waals surface area contributed by atoms with Gasteiger partial charge < -0.3 is 4.74 Å². The molecule has 0 unspecified atom stereocenters. The summed E-state index contributed by atoms with van der Waals surface area (Å²) in [5.41, 5.74) is 1.33. The van der Waals surface area contributed by atoms with Crippen LogP contribution < -0.4 is 5.56 Å². The monoisotopic (exact) mass is 346 g/mol. The average molecular weight is 347 g/mol. The van der Waals surface area contributed by atoms with E-state index in [-0.39, 0.29) is 5.56 Å². The summed E-state index contributed by atoms with van der Waals surface area (Å²) >= 11 is 5.94. The molecule has 1 aromatic carbocycles. The van der Waals surface area contributed by atoms with Crippen LogP contribution in [-0.2, 0) is 17.7 Å². The number of rotatable bonds is 6. The van der Waals surface area contributed by atoms with Crippen LogP contribution in [0.3, 0.4) is 0 Å². The molecule has 0 radical (unpaired) electrons. The van der Waals surface area contributed by atoms with Gasteiger partial charge in [0.2, 0.25) is 0 Å². The van der Waals surface area contributed by atoms with Crippen LogP contribution >= 0.6 is 11.6 Å². The zero-order valence-electron chi connectivity index (χ0n) is 13.7. The minimum atomic E-state index is -0.0619. The first-order valence-electron chi connectivity index (χ1n) is 7.88. The van der Waals surface area contributed by atoms with Crippen LogP contribution in [-0.4, -0.2) is 33.0 Å². The van der Waals surface area contributed by atoms with Crippen molar-refractivity contribution in [1.82, 2.24) is 19.3 Å². The lowest BCUT2D eigenvalue weighted by atomic mass is 10.3. The van der Waals surface area contributed by atoms with Crippen LogP contribution in [0.15, 0.2) is 35.3 Å². The van der Waals surface area contributed by atoms with Gasteiger partial charge in [0, 0.05) is 31.7 Å². The van der Waals surface area contributed by atoms with E-state index in [4.69, 9.17) is 16.3 Å². The Balaban J connectivity index is 2.11. The molecule has 0 saturated heterocycles. The van der Waals surface area contributed by atoms with Crippen molar-refractivity contribution < 1.29 is 4.74 Å². The van der Waals surface area contributed by atoms with Crippen molar-refractivity contribution in [3.63, 3.8) is 0 Å². The second kappa shape index (κ2) is 7.15. The highest BCUT2D eigenvalue weighted by Crippen LogP contribution is 2.17. The zero-order chi connectivity index (χ0) is 17.1. The number of halogens is 1. The van der Waals surface area contributed by atoms with E-state index in [9.17, 15) is 4.79 Å². The van der Waals surface area contributed by atoms with Crippen LogP contribution in [0.2, 0.25) is 5.02 Å². The first-order valence-corrected chi connectivity index (χ1v) is 8.25. The topological polar surface area (TPSA) is 61.9 Å². The minimum absolute atomic E-state index is 0.0619. The number of aryl methyl sites for hydroxylation is 1. The van der Waals surface area contributed by atoms with Crippen molar-refractivity contribution in [3.05, 3.63) is 51.7 Å². The number of nitrogens with zero attached hydrogens (tertiary/aromatic N) is 4. The van der Waals surface area contributed by atoms with E-state index in [0.717, 1.165) is 17.9 Å². The number of ether oxygens (including phenoxy) is 1. The van der Waals surface area contributed by atoms with Crippen molar-refractivity contribution in [2.24, 2.45) is 0 Å². The summed E-state index contributed by atoms with van der Waals surface area (Å²) in [5.74, 6) is 0.749. The Morgan fingerprint density at radius 2 is 2.00 bits per heavy atom. The van der Waals surface area contributed by atoms with Crippen LogP contribution in [0.5, 0.6) is 0 Å². The summed E-state index contributed by atoms with van der Waals surface area (Å²) < 4.78 is 8.46. The summed E-state index contributed by atoms with van der Waals surface area (Å²) in [6, 6.07) is 7.28. The standard InChI is InChI=1S/C17H19ClN4O2/c1-3-15-20-16-14(17(23)21(15)9-4-10-24-2)11-19-22(16)13-7-5-12(18)6-8-13/h5-8,11H,3-4,9-10H2,1-2H3. The molecule has 0 spiro atoms. The number of hydrogen-bond donors (Lipinski definition) is 0. The van der Waals surface area contributed by atoms with E-state index in [2.05, 4.69) is 10.1 Å². The molecule has 0 fully saturated rings. The Bertz CT molecular complexity index is 899. The largest absolute Gasteiger partial charge is 0.385 e. The fourth-order valence-electron chi connectivity index (χ4n) is 2.68. The van der Waals surface area contributed by atoms with Gasteiger partial charge in [-0.25, -0.2) is 9.67 Å². The third kappa shape index (κ3) is 3.07. The fraction of sp³-hybridized carbons (Fsp3) is 0.353. The third-order valence-corrected chi connectivity index (χ3v) is 4.14. The first kappa shape index (κ1) is 16.7. The molecule has 0 amide bonds. The molecule has 6 nitrogen and oxygen atoms in total. The molecule has 0 bridgehead atoms. The molecule has 7 heteroatoms. The summed E-state index contributed by atoms with van der Waals surface area (Å²) in [4.78, 5) is 17.5. The van der Waals surface area contributed by atoms with E-state index in [1.807, 2.05) is 19.1 Å². The molecule has 0 atom stereocenters. The Kier molecular flexibility index (Phi) is 4.97. The number of aromatic nitrogens is 4. The maximum absolute atomic E-state index is 12.8. The molecule has 24 heavy (non-hydrogen) atoms. The second-order valence-corrected chi connectivity index (χ2v) is 5.89. The van der Waals surface area contributed by atoms with Gasteiger partial charge in [0.25, 0.3) is 5.56 Å². The lowest BCUT2D eigenvalue weighted by Crippen LogP contribution is -2.25. The van der Waals surface area contributed by atoms with Gasteiger partial charge in [-0.05, 0) is 30.7 Å². The van der Waals surface area contributed by atoms with Crippen LogP contribution in [0.25, 0.3) is 16.7 Å². The quantitative estimate of drug-likeness (QED) is 0.644. The molecule has 3 aromatic rings. The van der Waals surface area contributed by atoms with Gasteiger partial charge in [-0.3, -0.25) is 9.36 Å². The fourth-order valence-corrected chi connectivity index (χ4v) is 2.81. The number of fused-ring (bicyclic) bond motifs is 1. The minimum Gasteiger partial charge on any atom is -0.385 e. The maximum atomic E-state index is 12.8. The molecule has 0 aliphatic carbocycles. The normalized spacial score (nSPS) is 11.3. The highest BCUT2D eigenvalue weighted by Gasteiger charge is 2.15. The average Bonchev–Trinajstić information content (AvgIpc) is 3.01. The number of methoxy groups -OCH3 is 1. The van der Waals surface area contributed by atoms with Crippen molar-refractivity contribution in [3.8, 4) is 5.69 Å². The van der Waals surface area contributed by atoms with Gasteiger partial charge in [0.15, 0.2) is 5.65 Å². The highest BCUT2D eigenvalue weighted by molar-refractivity contribution is 6.30. The molecule has 0 aliphatic rings. The molecule has 0 saturated carbocycles. The van der Waals surface area contributed by atoms with E-state index in [0.29, 0.717) is 35.6 Å². The molecule has 3 rings (SSSR count). The van der Waals surface area contributed by atoms with E-state index in [1.54, 1.807) is 34.7 Å². The Morgan fingerprint density at radius 3 is 2.67 bits per heavy atom. The molecular formula is C17H19ClN4O2. The molecule has 2 aromatic heterocycles. The van der Waals surface area contributed by atoms with Gasteiger partial charge in [-0.15, -0.1) is 0 Å². The second-order valence-electron chi connectivity index (χ2n) is 5.45. The van der Waals surface area contributed by atoms with Crippen LogP contribution in [0.1, 0.15) is 19.2 Å². The first-order chi connectivity index (χ1) is 11.7. The van der Waals surface area contributed by atoms with Crippen molar-refractivity contribution in [2.45, 2.75) is 26.3 Å². The van der Waals surface area contributed by atoms with Crippen LogP contribution in [0, 0.1) is 0 Å². The van der Waals surface area contributed by atoms with Crippen molar-refractivity contribution in [2.75, 3.05) is 13.7 Å². The van der Waals surface area contributed by atoms with Crippen LogP contribution in [0.4, 0.5) is 0 Å². The molecule has 126 valence electrons. The number of hydrogen-bond acceptors (Lipinski definition) is 4. The van der Waals surface area contributed by atoms with Crippen molar-refractivity contribution >= 4 is 22.6 Å². The summed E-state index contributed by atoms with van der Waals surface area (Å²) in [5, 5.41) is 5.51.